The number of nitrogens with two attached hydrogens (primary N) is 1. The summed E-state index contributed by atoms with van der Waals surface area (Å²) < 4.78 is 0. The van der Waals surface area contributed by atoms with Crippen molar-refractivity contribution in [2.45, 2.75) is 26.2 Å². The summed E-state index contributed by atoms with van der Waals surface area (Å²) in [5, 5.41) is 3.45. The van der Waals surface area contributed by atoms with Gasteiger partial charge in [-0.3, -0.25) is 4.79 Å². The summed E-state index contributed by atoms with van der Waals surface area (Å²) in [5.41, 5.74) is 6.93. The molecule has 0 aliphatic heterocycles. The Morgan fingerprint density at radius 1 is 1.44 bits per heavy atom. The zero-order valence-corrected chi connectivity index (χ0v) is 11.9. The number of unbranched alkanes of at least 4 members (excludes halogenated alkanes) is 1. The molecule has 1 aromatic carbocycles. The first-order valence-corrected chi connectivity index (χ1v) is 6.62. The molecule has 18 heavy (non-hydrogen) atoms. The van der Waals surface area contributed by atoms with Crippen molar-refractivity contribution < 1.29 is 4.79 Å². The molecule has 0 saturated carbocycles. The van der Waals surface area contributed by atoms with Crippen LogP contribution in [0.5, 0.6) is 0 Å². The van der Waals surface area contributed by atoms with Crippen LogP contribution in [0.15, 0.2) is 18.2 Å². The van der Waals surface area contributed by atoms with Gasteiger partial charge in [-0.25, -0.2) is 0 Å². The van der Waals surface area contributed by atoms with E-state index in [1.807, 2.05) is 13.0 Å². The lowest BCUT2D eigenvalue weighted by Gasteiger charge is -2.06. The molecule has 0 aliphatic carbocycles. The highest BCUT2D eigenvalue weighted by atomic mass is 35.5. The molecule has 0 bridgehead atoms. The molecule has 0 fully saturated rings. The van der Waals surface area contributed by atoms with E-state index in [9.17, 15) is 4.79 Å². The average molecular weight is 285 g/mol. The van der Waals surface area contributed by atoms with Gasteiger partial charge in [-0.1, -0.05) is 29.9 Å². The van der Waals surface area contributed by atoms with Crippen LogP contribution in [-0.2, 0) is 0 Å². The van der Waals surface area contributed by atoms with E-state index < -0.39 is 0 Å². The zero-order valence-electron chi connectivity index (χ0n) is 10.3. The number of halogens is 1. The molecule has 98 valence electrons. The Hall–Kier alpha value is -1.13. The summed E-state index contributed by atoms with van der Waals surface area (Å²) >= 11 is 10.7. The topological polar surface area (TPSA) is 55.1 Å². The average Bonchev–Trinajstić information content (AvgIpc) is 2.31. The predicted octanol–water partition coefficient (Wildman–Crippen LogP) is 2.83. The number of aryl methyl sites for hydroxylation is 1. The molecule has 5 heteroatoms. The van der Waals surface area contributed by atoms with Gasteiger partial charge in [0.2, 0.25) is 0 Å². The van der Waals surface area contributed by atoms with Crippen molar-refractivity contribution in [2.24, 2.45) is 5.73 Å². The molecular formula is C13H17ClN2OS. The van der Waals surface area contributed by atoms with Crippen LogP contribution in [0.3, 0.4) is 0 Å². The Bertz CT molecular complexity index is 449. The second-order valence-corrected chi connectivity index (χ2v) is 5.07. The molecule has 3 N–H and O–H groups in total. The van der Waals surface area contributed by atoms with E-state index in [1.165, 1.54) is 0 Å². The maximum Gasteiger partial charge on any atom is 0.251 e. The van der Waals surface area contributed by atoms with Crippen LogP contribution < -0.4 is 11.1 Å². The zero-order chi connectivity index (χ0) is 13.5. The molecule has 1 rings (SSSR count). The summed E-state index contributed by atoms with van der Waals surface area (Å²) in [6.45, 7) is 2.52. The monoisotopic (exact) mass is 284 g/mol. The first-order valence-electron chi connectivity index (χ1n) is 5.83. The highest BCUT2D eigenvalue weighted by Gasteiger charge is 2.06. The molecule has 0 saturated heterocycles. The number of thiocarbonyl (C=S) groups is 1. The number of benzene rings is 1. The fourth-order valence-electron chi connectivity index (χ4n) is 1.46. The third-order valence-electron chi connectivity index (χ3n) is 2.57. The Morgan fingerprint density at radius 3 is 2.78 bits per heavy atom. The van der Waals surface area contributed by atoms with Gasteiger partial charge in [-0.05, 0) is 43.9 Å². The first kappa shape index (κ1) is 14.9. The molecule has 1 amide bonds. The van der Waals surface area contributed by atoms with Gasteiger partial charge in [0, 0.05) is 17.1 Å². The molecular weight excluding hydrogens is 268 g/mol. The van der Waals surface area contributed by atoms with Gasteiger partial charge in [0.15, 0.2) is 0 Å². The van der Waals surface area contributed by atoms with Gasteiger partial charge in [-0.15, -0.1) is 0 Å². The van der Waals surface area contributed by atoms with Crippen LogP contribution in [0.1, 0.15) is 35.2 Å². The normalized spacial score (nSPS) is 10.1. The van der Waals surface area contributed by atoms with E-state index in [0.29, 0.717) is 22.1 Å². The Labute approximate surface area is 118 Å². The van der Waals surface area contributed by atoms with Crippen molar-refractivity contribution in [2.75, 3.05) is 6.54 Å². The van der Waals surface area contributed by atoms with Crippen molar-refractivity contribution >= 4 is 34.7 Å². The van der Waals surface area contributed by atoms with Crippen molar-refractivity contribution in [3.63, 3.8) is 0 Å². The standard InChI is InChI=1S/C13H17ClN2OS/c1-9-5-6-10(8-11(9)14)13(17)16-7-3-2-4-12(15)18/h5-6,8H,2-4,7H2,1H3,(H2,15,18)(H,16,17). The Morgan fingerprint density at radius 2 is 2.17 bits per heavy atom. The number of nitrogens with one attached hydrogen (secondary N) is 1. The van der Waals surface area contributed by atoms with Crippen molar-refractivity contribution in [1.29, 1.82) is 0 Å². The van der Waals surface area contributed by atoms with E-state index in [0.717, 1.165) is 24.8 Å². The SMILES string of the molecule is Cc1ccc(C(=O)NCCCCC(N)=S)cc1Cl. The van der Waals surface area contributed by atoms with Crippen LogP contribution in [0.25, 0.3) is 0 Å². The minimum Gasteiger partial charge on any atom is -0.393 e. The van der Waals surface area contributed by atoms with Crippen molar-refractivity contribution in [1.82, 2.24) is 5.32 Å². The smallest absolute Gasteiger partial charge is 0.251 e. The maximum absolute atomic E-state index is 11.8. The third kappa shape index (κ3) is 5.02. The number of rotatable bonds is 6. The van der Waals surface area contributed by atoms with Gasteiger partial charge in [-0.2, -0.15) is 0 Å². The second kappa shape index (κ2) is 7.34. The fourth-order valence-corrected chi connectivity index (χ4v) is 1.79. The van der Waals surface area contributed by atoms with Gasteiger partial charge in [0.25, 0.3) is 5.91 Å². The molecule has 0 atom stereocenters. The highest BCUT2D eigenvalue weighted by Crippen LogP contribution is 2.16. The molecule has 0 spiro atoms. The number of hydrogen-bond donors (Lipinski definition) is 2. The van der Waals surface area contributed by atoms with Crippen LogP contribution >= 0.6 is 23.8 Å². The number of carbonyl (C=O) groups excluding carboxylic acids is 1. The molecule has 0 radical (unpaired) electrons. The first-order chi connectivity index (χ1) is 8.50. The molecule has 0 heterocycles. The van der Waals surface area contributed by atoms with Crippen molar-refractivity contribution in [3.8, 4) is 0 Å². The van der Waals surface area contributed by atoms with Crippen LogP contribution in [0, 0.1) is 6.92 Å². The lowest BCUT2D eigenvalue weighted by Crippen LogP contribution is -2.24. The highest BCUT2D eigenvalue weighted by molar-refractivity contribution is 7.80. The Kier molecular flexibility index (Phi) is 6.09. The largest absolute Gasteiger partial charge is 0.393 e. The third-order valence-corrected chi connectivity index (χ3v) is 3.18. The molecule has 3 nitrogen and oxygen atoms in total. The van der Waals surface area contributed by atoms with E-state index in [2.05, 4.69) is 5.32 Å². The summed E-state index contributed by atoms with van der Waals surface area (Å²) in [6, 6.07) is 5.29. The van der Waals surface area contributed by atoms with Gasteiger partial charge in [0.1, 0.15) is 0 Å². The van der Waals surface area contributed by atoms with Crippen LogP contribution in [0.2, 0.25) is 5.02 Å². The minimum absolute atomic E-state index is 0.104. The summed E-state index contributed by atoms with van der Waals surface area (Å²) in [7, 11) is 0. The maximum atomic E-state index is 11.8. The second-order valence-electron chi connectivity index (χ2n) is 4.14. The molecule has 0 aromatic heterocycles. The molecule has 0 unspecified atom stereocenters. The van der Waals surface area contributed by atoms with Gasteiger partial charge >= 0.3 is 0 Å². The number of amides is 1. The van der Waals surface area contributed by atoms with E-state index in [1.54, 1.807) is 12.1 Å². The lowest BCUT2D eigenvalue weighted by atomic mass is 10.1. The van der Waals surface area contributed by atoms with Crippen LogP contribution in [-0.4, -0.2) is 17.4 Å². The summed E-state index contributed by atoms with van der Waals surface area (Å²) in [6.07, 6.45) is 2.48. The summed E-state index contributed by atoms with van der Waals surface area (Å²) in [5.74, 6) is -0.104. The fraction of sp³-hybridized carbons (Fsp3) is 0.385. The van der Waals surface area contributed by atoms with E-state index in [-0.39, 0.29) is 5.91 Å². The van der Waals surface area contributed by atoms with Crippen LogP contribution in [0.4, 0.5) is 0 Å². The van der Waals surface area contributed by atoms with E-state index in [4.69, 9.17) is 29.6 Å². The quantitative estimate of drug-likeness (QED) is 0.624. The van der Waals surface area contributed by atoms with Gasteiger partial charge < -0.3 is 11.1 Å². The van der Waals surface area contributed by atoms with E-state index >= 15 is 0 Å². The molecule has 0 aliphatic rings. The summed E-state index contributed by atoms with van der Waals surface area (Å²) in [4.78, 5) is 12.3. The predicted molar refractivity (Wildman–Crippen MR) is 79.2 cm³/mol. The van der Waals surface area contributed by atoms with Gasteiger partial charge in [0.05, 0.1) is 4.99 Å². The lowest BCUT2D eigenvalue weighted by molar-refractivity contribution is 0.0953. The van der Waals surface area contributed by atoms with Crippen molar-refractivity contribution in [3.05, 3.63) is 34.3 Å². The molecule has 1 aromatic rings. The number of carbonyl (C=O) groups is 1. The Balaban J connectivity index is 2.36. The number of hydrogen-bond acceptors (Lipinski definition) is 2. The minimum atomic E-state index is -0.104.